The summed E-state index contributed by atoms with van der Waals surface area (Å²) in [7, 11) is -2.22. The first kappa shape index (κ1) is 29.5. The molecule has 0 spiro atoms. The normalized spacial score (nSPS) is 15.5. The molecule has 1 unspecified atom stereocenters. The van der Waals surface area contributed by atoms with Gasteiger partial charge in [-0.1, -0.05) is 18.2 Å². The van der Waals surface area contributed by atoms with Crippen LogP contribution in [0.5, 0.6) is 5.75 Å². The minimum atomic E-state index is -3.71. The number of carbonyl (C=O) groups excluding carboxylic acids is 1. The molecule has 5 rings (SSSR count). The number of rotatable bonds is 8. The van der Waals surface area contributed by atoms with E-state index in [4.69, 9.17) is 4.74 Å². The van der Waals surface area contributed by atoms with Gasteiger partial charge in [-0.25, -0.2) is 12.8 Å². The fourth-order valence-corrected chi connectivity index (χ4v) is 7.53. The number of para-hydroxylation sites is 1. The summed E-state index contributed by atoms with van der Waals surface area (Å²) in [5.74, 6) is -0.188. The highest BCUT2D eigenvalue weighted by atomic mass is 32.2. The predicted molar refractivity (Wildman–Crippen MR) is 159 cm³/mol. The highest BCUT2D eigenvalue weighted by Crippen LogP contribution is 2.36. The summed E-state index contributed by atoms with van der Waals surface area (Å²) in [5.41, 5.74) is 2.95. The maximum absolute atomic E-state index is 13.6. The summed E-state index contributed by atoms with van der Waals surface area (Å²) in [6, 6.07) is 14.3. The molecule has 2 N–H and O–H groups in total. The van der Waals surface area contributed by atoms with Gasteiger partial charge in [0.1, 0.15) is 11.6 Å². The summed E-state index contributed by atoms with van der Waals surface area (Å²) in [5, 5.41) is 3.71. The molecular formula is C31H35FN4O5S. The predicted octanol–water partition coefficient (Wildman–Crippen LogP) is 4.69. The number of benzene rings is 2. The Balaban J connectivity index is 1.37. The molecule has 2 aromatic carbocycles. The summed E-state index contributed by atoms with van der Waals surface area (Å²) in [6.45, 7) is 6.50. The smallest absolute Gasteiger partial charge is 0.256 e. The molecule has 0 radical (unpaired) electrons. The van der Waals surface area contributed by atoms with Crippen LogP contribution < -0.4 is 15.6 Å². The number of hydrogen-bond acceptors (Lipinski definition) is 5. The monoisotopic (exact) mass is 594 g/mol. The number of piperidine rings is 1. The molecule has 0 aliphatic carbocycles. The first-order chi connectivity index (χ1) is 20.0. The van der Waals surface area contributed by atoms with Gasteiger partial charge in [-0.2, -0.15) is 4.31 Å². The number of methoxy groups -OCH3 is 1. The number of H-pyrrole nitrogens is 1. The van der Waals surface area contributed by atoms with E-state index in [1.807, 2.05) is 31.2 Å². The quantitative estimate of drug-likeness (QED) is 0.308. The van der Waals surface area contributed by atoms with Gasteiger partial charge in [0.15, 0.2) is 0 Å². The molecule has 222 valence electrons. The van der Waals surface area contributed by atoms with Crippen LogP contribution in [0.4, 0.5) is 4.39 Å². The standard InChI is InChI=1S/C31H35FN4O5S/c1-19-17-28(41-4)26(30(37)34-19)18-33-31(38)29-21(3)36(27-8-6-5-7-25(27)29)20(2)22-13-15-35(16-14-22)42(39,40)24-11-9-23(32)10-12-24/h5-12,17,20,22H,13-16,18H2,1-4H3,(H,33,38)(H,34,37). The largest absolute Gasteiger partial charge is 0.496 e. The van der Waals surface area contributed by atoms with Crippen molar-refractivity contribution in [3.05, 3.63) is 93.3 Å². The lowest BCUT2D eigenvalue weighted by atomic mass is 9.91. The van der Waals surface area contributed by atoms with Crippen molar-refractivity contribution < 1.29 is 22.3 Å². The number of fused-ring (bicyclic) bond motifs is 1. The van der Waals surface area contributed by atoms with Crippen LogP contribution in [0.25, 0.3) is 10.9 Å². The molecule has 1 atom stereocenters. The molecule has 1 aliphatic heterocycles. The van der Waals surface area contributed by atoms with Gasteiger partial charge in [0.25, 0.3) is 11.5 Å². The molecule has 1 fully saturated rings. The van der Waals surface area contributed by atoms with Crippen LogP contribution in [0, 0.1) is 25.6 Å². The van der Waals surface area contributed by atoms with Crippen molar-refractivity contribution in [2.24, 2.45) is 5.92 Å². The molecule has 9 nitrogen and oxygen atoms in total. The van der Waals surface area contributed by atoms with Crippen LogP contribution in [-0.4, -0.2) is 48.4 Å². The molecule has 1 aliphatic rings. The number of ether oxygens (including phenoxy) is 1. The maximum Gasteiger partial charge on any atom is 0.256 e. The van der Waals surface area contributed by atoms with Gasteiger partial charge in [-0.15, -0.1) is 0 Å². The van der Waals surface area contributed by atoms with Gasteiger partial charge >= 0.3 is 0 Å². The lowest BCUT2D eigenvalue weighted by molar-refractivity contribution is 0.0951. The van der Waals surface area contributed by atoms with E-state index in [2.05, 4.69) is 21.8 Å². The van der Waals surface area contributed by atoms with E-state index in [-0.39, 0.29) is 34.9 Å². The Morgan fingerprint density at radius 1 is 1.12 bits per heavy atom. The molecule has 1 amide bonds. The maximum atomic E-state index is 13.6. The van der Waals surface area contributed by atoms with Crippen LogP contribution >= 0.6 is 0 Å². The summed E-state index contributed by atoms with van der Waals surface area (Å²) in [6.07, 6.45) is 1.29. The Labute approximate surface area is 244 Å². The van der Waals surface area contributed by atoms with Gasteiger partial charge in [-0.3, -0.25) is 9.59 Å². The second kappa shape index (κ2) is 11.7. The molecule has 2 aromatic heterocycles. The minimum Gasteiger partial charge on any atom is -0.496 e. The van der Waals surface area contributed by atoms with E-state index in [9.17, 15) is 22.4 Å². The first-order valence-electron chi connectivity index (χ1n) is 13.9. The Morgan fingerprint density at radius 3 is 2.45 bits per heavy atom. The van der Waals surface area contributed by atoms with Crippen molar-refractivity contribution in [3.63, 3.8) is 0 Å². The van der Waals surface area contributed by atoms with Crippen molar-refractivity contribution in [1.82, 2.24) is 19.2 Å². The van der Waals surface area contributed by atoms with E-state index in [0.29, 0.717) is 48.5 Å². The number of halogens is 1. The molecular weight excluding hydrogens is 559 g/mol. The van der Waals surface area contributed by atoms with Crippen molar-refractivity contribution in [3.8, 4) is 5.75 Å². The van der Waals surface area contributed by atoms with Crippen LogP contribution in [0.1, 0.15) is 53.1 Å². The number of hydrogen-bond donors (Lipinski definition) is 2. The highest BCUT2D eigenvalue weighted by Gasteiger charge is 2.33. The fraction of sp³-hybridized carbons (Fsp3) is 0.355. The summed E-state index contributed by atoms with van der Waals surface area (Å²) >= 11 is 0. The molecule has 0 bridgehead atoms. The number of carbonyl (C=O) groups is 1. The minimum absolute atomic E-state index is 0.00705. The topological polar surface area (TPSA) is 114 Å². The van der Waals surface area contributed by atoms with E-state index in [1.54, 1.807) is 13.0 Å². The van der Waals surface area contributed by atoms with Gasteiger partial charge in [0, 0.05) is 41.4 Å². The molecule has 3 heterocycles. The zero-order valence-electron chi connectivity index (χ0n) is 24.1. The van der Waals surface area contributed by atoms with E-state index < -0.39 is 15.8 Å². The van der Waals surface area contributed by atoms with Crippen molar-refractivity contribution in [2.45, 2.75) is 51.1 Å². The second-order valence-corrected chi connectivity index (χ2v) is 12.7. The molecule has 0 saturated carbocycles. The first-order valence-corrected chi connectivity index (χ1v) is 15.4. The average Bonchev–Trinajstić information content (AvgIpc) is 3.27. The molecule has 1 saturated heterocycles. The summed E-state index contributed by atoms with van der Waals surface area (Å²) in [4.78, 5) is 29.0. The third-order valence-corrected chi connectivity index (χ3v) is 10.2. The number of aromatic nitrogens is 2. The van der Waals surface area contributed by atoms with Crippen molar-refractivity contribution >= 4 is 26.8 Å². The highest BCUT2D eigenvalue weighted by molar-refractivity contribution is 7.89. The lowest BCUT2D eigenvalue weighted by Gasteiger charge is -2.35. The Bertz CT molecular complexity index is 1790. The summed E-state index contributed by atoms with van der Waals surface area (Å²) < 4.78 is 48.6. The zero-order valence-corrected chi connectivity index (χ0v) is 24.9. The third kappa shape index (κ3) is 5.46. The van der Waals surface area contributed by atoms with E-state index >= 15 is 0 Å². The van der Waals surface area contributed by atoms with Crippen molar-refractivity contribution in [2.75, 3.05) is 20.2 Å². The fourth-order valence-electron chi connectivity index (χ4n) is 6.06. The SMILES string of the molecule is COc1cc(C)[nH]c(=O)c1CNC(=O)c1c(C)n(C(C)C2CCN(S(=O)(=O)c3ccc(F)cc3)CC2)c2ccccc12. The number of aryl methyl sites for hydroxylation is 1. The van der Waals surface area contributed by atoms with Gasteiger partial charge in [0.05, 0.1) is 29.7 Å². The number of aromatic amines is 1. The van der Waals surface area contributed by atoms with Crippen LogP contribution in [0.2, 0.25) is 0 Å². The Kier molecular flexibility index (Phi) is 8.25. The van der Waals surface area contributed by atoms with E-state index in [0.717, 1.165) is 28.7 Å². The van der Waals surface area contributed by atoms with Gasteiger partial charge < -0.3 is 19.6 Å². The number of nitrogens with zero attached hydrogens (tertiary/aromatic N) is 2. The van der Waals surface area contributed by atoms with Crippen molar-refractivity contribution in [1.29, 1.82) is 0 Å². The lowest BCUT2D eigenvalue weighted by Crippen LogP contribution is -2.40. The van der Waals surface area contributed by atoms with Crippen LogP contribution in [0.3, 0.4) is 0 Å². The molecule has 42 heavy (non-hydrogen) atoms. The Hall–Kier alpha value is -3.96. The number of nitrogens with one attached hydrogen (secondary N) is 2. The zero-order chi connectivity index (χ0) is 30.2. The van der Waals surface area contributed by atoms with E-state index in [1.165, 1.54) is 23.5 Å². The average molecular weight is 595 g/mol. The number of sulfonamides is 1. The van der Waals surface area contributed by atoms with Gasteiger partial charge in [0.2, 0.25) is 10.0 Å². The number of pyridine rings is 1. The van der Waals surface area contributed by atoms with Crippen LogP contribution in [-0.2, 0) is 16.6 Å². The molecule has 4 aromatic rings. The third-order valence-electron chi connectivity index (χ3n) is 8.30. The Morgan fingerprint density at radius 2 is 1.79 bits per heavy atom. The number of amides is 1. The second-order valence-electron chi connectivity index (χ2n) is 10.8. The molecule has 11 heteroatoms. The van der Waals surface area contributed by atoms with Crippen LogP contribution in [0.15, 0.2) is 64.3 Å². The van der Waals surface area contributed by atoms with Gasteiger partial charge in [-0.05, 0) is 75.9 Å².